The third kappa shape index (κ3) is 4.51. The van der Waals surface area contributed by atoms with E-state index < -0.39 is 10.0 Å². The molecule has 0 atom stereocenters. The molecule has 2 aromatic carbocycles. The van der Waals surface area contributed by atoms with Crippen LogP contribution in [0, 0.1) is 6.92 Å². The topological polar surface area (TPSA) is 107 Å². The van der Waals surface area contributed by atoms with Crippen LogP contribution < -0.4 is 5.32 Å². The first kappa shape index (κ1) is 24.5. The number of fused-ring (bicyclic) bond motifs is 1. The molecule has 1 saturated carbocycles. The number of anilines is 1. The van der Waals surface area contributed by atoms with Crippen molar-refractivity contribution in [2.75, 3.05) is 31.5 Å². The van der Waals surface area contributed by atoms with E-state index in [1.54, 1.807) is 47.4 Å². The van der Waals surface area contributed by atoms with E-state index in [1.807, 2.05) is 6.92 Å². The average molecular weight is 511 g/mol. The van der Waals surface area contributed by atoms with Gasteiger partial charge < -0.3 is 10.2 Å². The van der Waals surface area contributed by atoms with E-state index in [0.717, 1.165) is 37.7 Å². The van der Waals surface area contributed by atoms with Crippen LogP contribution in [0.4, 0.5) is 10.5 Å². The smallest absolute Gasteiger partial charge is 0.321 e. The molecule has 1 saturated heterocycles. The fraction of sp³-hybridized carbons (Fsp3) is 0.423. The van der Waals surface area contributed by atoms with Crippen LogP contribution in [0.1, 0.15) is 58.4 Å². The molecule has 0 radical (unpaired) electrons. The molecule has 5 rings (SSSR count). The molecule has 9 nitrogen and oxygen atoms in total. The predicted molar refractivity (Wildman–Crippen MR) is 134 cm³/mol. The number of imide groups is 1. The maximum Gasteiger partial charge on any atom is 0.321 e. The van der Waals surface area contributed by atoms with Crippen molar-refractivity contribution in [3.8, 4) is 0 Å². The molecule has 0 bridgehead atoms. The number of benzene rings is 2. The summed E-state index contributed by atoms with van der Waals surface area (Å²) in [5.74, 6) is -0.557. The number of hydrogen-bond acceptors (Lipinski definition) is 5. The Morgan fingerprint density at radius 3 is 2.17 bits per heavy atom. The first-order chi connectivity index (χ1) is 17.3. The van der Waals surface area contributed by atoms with Gasteiger partial charge in [-0.15, -0.1) is 0 Å². The second kappa shape index (κ2) is 9.67. The first-order valence-electron chi connectivity index (χ1n) is 12.4. The third-order valence-corrected chi connectivity index (χ3v) is 9.21. The summed E-state index contributed by atoms with van der Waals surface area (Å²) in [5, 5.41) is 2.80. The van der Waals surface area contributed by atoms with Crippen LogP contribution in [0.2, 0.25) is 0 Å². The van der Waals surface area contributed by atoms with E-state index in [0.29, 0.717) is 16.8 Å². The molecule has 4 amide bonds. The van der Waals surface area contributed by atoms with Crippen molar-refractivity contribution in [1.82, 2.24) is 14.1 Å². The molecule has 10 heteroatoms. The van der Waals surface area contributed by atoms with Gasteiger partial charge in [-0.1, -0.05) is 37.0 Å². The highest BCUT2D eigenvalue weighted by Gasteiger charge is 2.40. The van der Waals surface area contributed by atoms with E-state index >= 15 is 0 Å². The molecule has 1 N–H and O–H groups in total. The maximum absolute atomic E-state index is 13.0. The van der Waals surface area contributed by atoms with Crippen molar-refractivity contribution in [2.24, 2.45) is 0 Å². The highest BCUT2D eigenvalue weighted by atomic mass is 32.2. The lowest BCUT2D eigenvalue weighted by atomic mass is 9.94. The van der Waals surface area contributed by atoms with Gasteiger partial charge in [-0.2, -0.15) is 4.31 Å². The number of hydrogen-bond donors (Lipinski definition) is 1. The van der Waals surface area contributed by atoms with Gasteiger partial charge in [0.2, 0.25) is 10.0 Å². The zero-order chi connectivity index (χ0) is 25.4. The predicted octanol–water partition coefficient (Wildman–Crippen LogP) is 3.46. The SMILES string of the molecule is Cc1ccc(S(=O)(=O)N2CCN(C(=O)Nc3ccc4c(c3)C(=O)N(C3CCCCC3)C4=O)CC2)cc1. The van der Waals surface area contributed by atoms with Crippen molar-refractivity contribution >= 4 is 33.6 Å². The molecule has 2 fully saturated rings. The minimum atomic E-state index is -3.62. The van der Waals surface area contributed by atoms with Crippen LogP contribution in [0.3, 0.4) is 0 Å². The van der Waals surface area contributed by atoms with Crippen molar-refractivity contribution in [3.63, 3.8) is 0 Å². The molecule has 190 valence electrons. The van der Waals surface area contributed by atoms with Crippen molar-refractivity contribution in [2.45, 2.75) is 50.0 Å². The zero-order valence-electron chi connectivity index (χ0n) is 20.3. The molecular formula is C26H30N4O5S. The van der Waals surface area contributed by atoms with Gasteiger partial charge in [-0.3, -0.25) is 14.5 Å². The monoisotopic (exact) mass is 510 g/mol. The summed E-state index contributed by atoms with van der Waals surface area (Å²) in [6, 6.07) is 11.1. The molecule has 1 aliphatic carbocycles. The highest BCUT2D eigenvalue weighted by Crippen LogP contribution is 2.32. The number of aryl methyl sites for hydroxylation is 1. The summed E-state index contributed by atoms with van der Waals surface area (Å²) in [6.07, 6.45) is 4.82. The Morgan fingerprint density at radius 2 is 1.50 bits per heavy atom. The molecule has 0 aromatic heterocycles. The number of sulfonamides is 1. The van der Waals surface area contributed by atoms with Gasteiger partial charge in [0, 0.05) is 37.9 Å². The van der Waals surface area contributed by atoms with E-state index in [1.165, 1.54) is 9.21 Å². The summed E-state index contributed by atoms with van der Waals surface area (Å²) in [6.45, 7) is 2.77. The minimum absolute atomic E-state index is 0.0586. The van der Waals surface area contributed by atoms with Crippen LogP contribution in [-0.4, -0.2) is 72.6 Å². The van der Waals surface area contributed by atoms with Crippen LogP contribution >= 0.6 is 0 Å². The molecule has 3 aliphatic rings. The number of carbonyl (C=O) groups excluding carboxylic acids is 3. The minimum Gasteiger partial charge on any atom is -0.322 e. The molecule has 2 aliphatic heterocycles. The normalized spacial score (nSPS) is 19.5. The quantitative estimate of drug-likeness (QED) is 0.634. The van der Waals surface area contributed by atoms with Gasteiger partial charge in [-0.05, 0) is 50.1 Å². The summed E-state index contributed by atoms with van der Waals surface area (Å²) in [7, 11) is -3.62. The largest absolute Gasteiger partial charge is 0.322 e. The second-order valence-corrected chi connectivity index (χ2v) is 11.6. The molecular weight excluding hydrogens is 480 g/mol. The number of carbonyl (C=O) groups is 3. The number of piperazine rings is 1. The highest BCUT2D eigenvalue weighted by molar-refractivity contribution is 7.89. The molecule has 0 unspecified atom stereocenters. The Morgan fingerprint density at radius 1 is 0.861 bits per heavy atom. The lowest BCUT2D eigenvalue weighted by Crippen LogP contribution is -2.51. The van der Waals surface area contributed by atoms with Crippen LogP contribution in [-0.2, 0) is 10.0 Å². The van der Waals surface area contributed by atoms with Crippen LogP contribution in [0.15, 0.2) is 47.4 Å². The van der Waals surface area contributed by atoms with E-state index in [-0.39, 0.29) is 55.0 Å². The second-order valence-electron chi connectivity index (χ2n) is 9.67. The van der Waals surface area contributed by atoms with E-state index in [9.17, 15) is 22.8 Å². The van der Waals surface area contributed by atoms with Gasteiger partial charge in [0.15, 0.2) is 0 Å². The first-order valence-corrected chi connectivity index (χ1v) is 13.8. The van der Waals surface area contributed by atoms with Gasteiger partial charge in [0.25, 0.3) is 11.8 Å². The average Bonchev–Trinajstić information content (AvgIpc) is 3.14. The Balaban J connectivity index is 1.22. The molecule has 2 aromatic rings. The van der Waals surface area contributed by atoms with E-state index in [4.69, 9.17) is 0 Å². The molecule has 0 spiro atoms. The number of nitrogens with one attached hydrogen (secondary N) is 1. The summed E-state index contributed by atoms with van der Waals surface area (Å²) in [5.41, 5.74) is 2.10. The molecule has 36 heavy (non-hydrogen) atoms. The number of amides is 4. The Hall–Kier alpha value is -3.24. The summed E-state index contributed by atoms with van der Waals surface area (Å²) < 4.78 is 27.2. The number of urea groups is 1. The van der Waals surface area contributed by atoms with Gasteiger partial charge in [-0.25, -0.2) is 13.2 Å². The lowest BCUT2D eigenvalue weighted by molar-refractivity contribution is 0.0549. The van der Waals surface area contributed by atoms with Gasteiger partial charge in [0.05, 0.1) is 16.0 Å². The van der Waals surface area contributed by atoms with Crippen molar-refractivity contribution in [3.05, 3.63) is 59.2 Å². The van der Waals surface area contributed by atoms with Crippen molar-refractivity contribution in [1.29, 1.82) is 0 Å². The molecule has 2 heterocycles. The zero-order valence-corrected chi connectivity index (χ0v) is 21.1. The maximum atomic E-state index is 13.0. The van der Waals surface area contributed by atoms with Crippen LogP contribution in [0.5, 0.6) is 0 Å². The number of rotatable bonds is 4. The summed E-state index contributed by atoms with van der Waals surface area (Å²) >= 11 is 0. The fourth-order valence-electron chi connectivity index (χ4n) is 5.20. The van der Waals surface area contributed by atoms with E-state index in [2.05, 4.69) is 5.32 Å². The Kier molecular flexibility index (Phi) is 6.57. The Bertz CT molecular complexity index is 1290. The lowest BCUT2D eigenvalue weighted by Gasteiger charge is -2.34. The third-order valence-electron chi connectivity index (χ3n) is 7.29. The van der Waals surface area contributed by atoms with Gasteiger partial charge in [0.1, 0.15) is 0 Å². The van der Waals surface area contributed by atoms with Gasteiger partial charge >= 0.3 is 6.03 Å². The number of nitrogens with zero attached hydrogens (tertiary/aromatic N) is 3. The van der Waals surface area contributed by atoms with Crippen molar-refractivity contribution < 1.29 is 22.8 Å². The Labute approximate surface area is 211 Å². The summed E-state index contributed by atoms with van der Waals surface area (Å²) in [4.78, 5) is 42.0. The van der Waals surface area contributed by atoms with Crippen LogP contribution in [0.25, 0.3) is 0 Å². The standard InChI is InChI=1S/C26H30N4O5S/c1-18-7-10-21(11-8-18)36(34,35)29-15-13-28(14-16-29)26(33)27-19-9-12-22-23(17-19)25(32)30(24(22)31)20-5-3-2-4-6-20/h7-12,17,20H,2-6,13-16H2,1H3,(H,27,33). The fourth-order valence-corrected chi connectivity index (χ4v) is 6.62.